The van der Waals surface area contributed by atoms with Crippen LogP contribution in [0.5, 0.6) is 0 Å². The fourth-order valence-electron chi connectivity index (χ4n) is 0.215. The van der Waals surface area contributed by atoms with E-state index >= 15 is 0 Å². The van der Waals surface area contributed by atoms with Crippen LogP contribution in [0, 0.1) is 0 Å². The maximum Gasteiger partial charge on any atom is 0.335 e. The van der Waals surface area contributed by atoms with E-state index in [1.165, 1.54) is 0 Å². The van der Waals surface area contributed by atoms with Gasteiger partial charge in [0.05, 0.1) is 0 Å². The van der Waals surface area contributed by atoms with Crippen molar-refractivity contribution in [1.29, 1.82) is 0 Å². The van der Waals surface area contributed by atoms with Crippen LogP contribution in [-0.4, -0.2) is 27.9 Å². The molecule has 56 valence electrons. The number of nitrogens with zero attached hydrogens (tertiary/aromatic N) is 1. The molecule has 1 rings (SSSR count). The van der Waals surface area contributed by atoms with Crippen LogP contribution in [0.15, 0.2) is 18.5 Å². The highest BCUT2D eigenvalue weighted by atomic mass is 19.1. The van der Waals surface area contributed by atoms with Gasteiger partial charge in [0.1, 0.15) is 0 Å². The van der Waals surface area contributed by atoms with E-state index in [0.717, 1.165) is 0 Å². The van der Waals surface area contributed by atoms with Crippen LogP contribution in [0.3, 0.4) is 0 Å². The molecule has 1 heterocycles. The minimum atomic E-state index is -1.41. The summed E-state index contributed by atoms with van der Waals surface area (Å²) in [4.78, 5) is 8.99. The number of carboxylic acids is 1. The van der Waals surface area contributed by atoms with Crippen molar-refractivity contribution in [1.82, 2.24) is 10.2 Å². The number of halogens is 1. The maximum atomic E-state index is 10.5. The molecule has 0 aliphatic heterocycles. The topological polar surface area (TPSA) is 66.0 Å². The minimum absolute atomic E-state index is 1.28. The van der Waals surface area contributed by atoms with Crippen LogP contribution in [0.25, 0.3) is 0 Å². The molecule has 1 aromatic rings. The fraction of sp³-hybridized carbons (Fsp3) is 0.200. The number of aromatic amines is 1. The lowest BCUT2D eigenvalue weighted by molar-refractivity contribution is -0.137. The Hall–Kier alpha value is -1.39. The van der Waals surface area contributed by atoms with Gasteiger partial charge in [-0.05, 0) is 6.07 Å². The molecule has 0 fully saturated rings. The summed E-state index contributed by atoms with van der Waals surface area (Å²) >= 11 is 0. The molecule has 0 saturated carbocycles. The lowest BCUT2D eigenvalue weighted by atomic mass is 10.8. The fourth-order valence-corrected chi connectivity index (χ4v) is 0.215. The second-order valence-corrected chi connectivity index (χ2v) is 1.29. The Labute approximate surface area is 56.7 Å². The van der Waals surface area contributed by atoms with E-state index in [4.69, 9.17) is 9.90 Å². The number of hydrogen-bond acceptors (Lipinski definition) is 2. The smallest absolute Gasteiger partial charge is 0.335 e. The number of nitrogens with one attached hydrogen (secondary N) is 1. The molecule has 1 aromatic heterocycles. The third-order valence-electron chi connectivity index (χ3n) is 0.520. The van der Waals surface area contributed by atoms with Gasteiger partial charge in [0, 0.05) is 12.4 Å². The van der Waals surface area contributed by atoms with E-state index in [0.29, 0.717) is 0 Å². The number of carbonyl (C=O) groups is 1. The first-order chi connectivity index (χ1) is 4.77. The van der Waals surface area contributed by atoms with Crippen LogP contribution < -0.4 is 0 Å². The average molecular weight is 146 g/mol. The molecule has 0 amide bonds. The van der Waals surface area contributed by atoms with Gasteiger partial charge in [0.15, 0.2) is 6.67 Å². The normalized spacial score (nSPS) is 7.70. The molecule has 0 aliphatic carbocycles. The van der Waals surface area contributed by atoms with Gasteiger partial charge in [-0.1, -0.05) is 0 Å². The Kier molecular flexibility index (Phi) is 4.94. The summed E-state index contributed by atoms with van der Waals surface area (Å²) in [5.74, 6) is -1.41. The van der Waals surface area contributed by atoms with Crippen molar-refractivity contribution >= 4 is 5.97 Å². The maximum absolute atomic E-state index is 10.5. The standard InChI is InChI=1S/C3H4N2.C2H3FO2/c1-2-4-5-3-1;3-1-2(4)5/h1-3H,(H,4,5);1H2,(H,4,5). The van der Waals surface area contributed by atoms with E-state index in [2.05, 4.69) is 10.2 Å². The Morgan fingerprint density at radius 1 is 1.80 bits per heavy atom. The van der Waals surface area contributed by atoms with E-state index in [1.54, 1.807) is 12.4 Å². The van der Waals surface area contributed by atoms with Crippen molar-refractivity contribution in [2.45, 2.75) is 0 Å². The number of carboxylic acid groups (broad SMARTS) is 1. The molecule has 2 N–H and O–H groups in total. The summed E-state index contributed by atoms with van der Waals surface area (Å²) in [5, 5.41) is 13.6. The van der Waals surface area contributed by atoms with Gasteiger partial charge in [-0.2, -0.15) is 5.10 Å². The Morgan fingerprint density at radius 2 is 2.40 bits per heavy atom. The SMILES string of the molecule is O=C(O)CF.c1cn[nH]c1. The predicted octanol–water partition coefficient (Wildman–Crippen LogP) is 0.450. The lowest BCUT2D eigenvalue weighted by Gasteiger charge is -1.69. The average Bonchev–Trinajstić information content (AvgIpc) is 2.43. The molecular weight excluding hydrogens is 139 g/mol. The highest BCUT2D eigenvalue weighted by molar-refractivity contribution is 5.67. The first kappa shape index (κ1) is 8.61. The van der Waals surface area contributed by atoms with Gasteiger partial charge in [0.25, 0.3) is 0 Å². The number of aliphatic carboxylic acids is 1. The van der Waals surface area contributed by atoms with Gasteiger partial charge < -0.3 is 5.11 Å². The lowest BCUT2D eigenvalue weighted by Crippen LogP contribution is -1.93. The molecule has 10 heavy (non-hydrogen) atoms. The molecule has 0 aliphatic rings. The van der Waals surface area contributed by atoms with Gasteiger partial charge in [-0.3, -0.25) is 5.10 Å². The van der Waals surface area contributed by atoms with Crippen LogP contribution in [-0.2, 0) is 4.79 Å². The zero-order valence-electron chi connectivity index (χ0n) is 5.12. The van der Waals surface area contributed by atoms with E-state index in [9.17, 15) is 4.39 Å². The quantitative estimate of drug-likeness (QED) is 0.604. The third-order valence-corrected chi connectivity index (χ3v) is 0.520. The minimum Gasteiger partial charge on any atom is -0.479 e. The van der Waals surface area contributed by atoms with Gasteiger partial charge in [-0.15, -0.1) is 0 Å². The van der Waals surface area contributed by atoms with E-state index < -0.39 is 12.6 Å². The molecule has 4 nitrogen and oxygen atoms in total. The second-order valence-electron chi connectivity index (χ2n) is 1.29. The van der Waals surface area contributed by atoms with Crippen LogP contribution in [0.4, 0.5) is 4.39 Å². The van der Waals surface area contributed by atoms with Crippen molar-refractivity contribution in [3.63, 3.8) is 0 Å². The number of aromatic nitrogens is 2. The van der Waals surface area contributed by atoms with Gasteiger partial charge >= 0.3 is 5.97 Å². The molecule has 0 radical (unpaired) electrons. The summed E-state index contributed by atoms with van der Waals surface area (Å²) in [6.07, 6.45) is 3.46. The van der Waals surface area contributed by atoms with E-state index in [1.807, 2.05) is 6.07 Å². The highest BCUT2D eigenvalue weighted by Gasteiger charge is 1.85. The predicted molar refractivity (Wildman–Crippen MR) is 32.2 cm³/mol. The number of H-pyrrole nitrogens is 1. The largest absolute Gasteiger partial charge is 0.479 e. The third kappa shape index (κ3) is 6.61. The zero-order valence-corrected chi connectivity index (χ0v) is 5.12. The monoisotopic (exact) mass is 146 g/mol. The van der Waals surface area contributed by atoms with Crippen molar-refractivity contribution < 1.29 is 14.3 Å². The molecule has 0 spiro atoms. The first-order valence-corrected chi connectivity index (χ1v) is 2.49. The van der Waals surface area contributed by atoms with E-state index in [-0.39, 0.29) is 0 Å². The molecule has 0 saturated heterocycles. The Balaban J connectivity index is 0.000000162. The summed E-state index contributed by atoms with van der Waals surface area (Å²) in [6.45, 7) is -1.28. The van der Waals surface area contributed by atoms with Gasteiger partial charge in [-0.25, -0.2) is 9.18 Å². The summed E-state index contributed by atoms with van der Waals surface area (Å²) in [6, 6.07) is 1.83. The molecule has 0 unspecified atom stereocenters. The second kappa shape index (κ2) is 5.74. The van der Waals surface area contributed by atoms with Crippen LogP contribution in [0.1, 0.15) is 0 Å². The Bertz CT molecular complexity index is 147. The molecular formula is C5H7FN2O2. The van der Waals surface area contributed by atoms with Crippen molar-refractivity contribution in [2.75, 3.05) is 6.67 Å². The number of rotatable bonds is 1. The Morgan fingerprint density at radius 3 is 2.50 bits per heavy atom. The van der Waals surface area contributed by atoms with Crippen LogP contribution in [0.2, 0.25) is 0 Å². The zero-order chi connectivity index (χ0) is 7.82. The number of alkyl halides is 1. The van der Waals surface area contributed by atoms with Crippen molar-refractivity contribution in [2.24, 2.45) is 0 Å². The number of hydrogen-bond donors (Lipinski definition) is 2. The molecule has 5 heteroatoms. The summed E-state index contributed by atoms with van der Waals surface area (Å²) in [7, 11) is 0. The molecule has 0 atom stereocenters. The summed E-state index contributed by atoms with van der Waals surface area (Å²) < 4.78 is 10.5. The molecule has 0 bridgehead atoms. The van der Waals surface area contributed by atoms with Gasteiger partial charge in [0.2, 0.25) is 0 Å². The van der Waals surface area contributed by atoms with Crippen LogP contribution >= 0.6 is 0 Å². The summed E-state index contributed by atoms with van der Waals surface area (Å²) in [5.41, 5.74) is 0. The van der Waals surface area contributed by atoms with Crippen molar-refractivity contribution in [3.05, 3.63) is 18.5 Å². The first-order valence-electron chi connectivity index (χ1n) is 2.49. The highest BCUT2D eigenvalue weighted by Crippen LogP contribution is 1.64. The molecule has 0 aromatic carbocycles. The van der Waals surface area contributed by atoms with Crippen molar-refractivity contribution in [3.8, 4) is 0 Å².